The lowest BCUT2D eigenvalue weighted by molar-refractivity contribution is -0.120. The molecule has 2 rings (SSSR count). The van der Waals surface area contributed by atoms with E-state index in [1.54, 1.807) is 11.8 Å². The van der Waals surface area contributed by atoms with E-state index in [1.807, 2.05) is 18.2 Å². The summed E-state index contributed by atoms with van der Waals surface area (Å²) in [6, 6.07) is 8.09. The predicted molar refractivity (Wildman–Crippen MR) is 88.1 cm³/mol. The van der Waals surface area contributed by atoms with Gasteiger partial charge in [-0.25, -0.2) is 0 Å². The third-order valence-electron chi connectivity index (χ3n) is 3.09. The minimum absolute atomic E-state index is 0.129. The van der Waals surface area contributed by atoms with Crippen LogP contribution in [0.3, 0.4) is 0 Å². The SMILES string of the molecule is O=C(CCSc1ccccc1Br)NCC1=CCNCC1. The van der Waals surface area contributed by atoms with Gasteiger partial charge in [0.25, 0.3) is 0 Å². The van der Waals surface area contributed by atoms with Crippen molar-refractivity contribution in [3.8, 4) is 0 Å². The van der Waals surface area contributed by atoms with Crippen LogP contribution in [-0.4, -0.2) is 31.3 Å². The summed E-state index contributed by atoms with van der Waals surface area (Å²) < 4.78 is 1.09. The Balaban J connectivity index is 1.65. The summed E-state index contributed by atoms with van der Waals surface area (Å²) in [6.45, 7) is 2.63. The lowest BCUT2D eigenvalue weighted by Gasteiger charge is -2.14. The molecule has 1 aromatic rings. The molecule has 20 heavy (non-hydrogen) atoms. The van der Waals surface area contributed by atoms with Crippen LogP contribution in [0, 0.1) is 0 Å². The van der Waals surface area contributed by atoms with Gasteiger partial charge in [-0.1, -0.05) is 23.8 Å². The van der Waals surface area contributed by atoms with Crippen LogP contribution in [0.4, 0.5) is 0 Å². The average molecular weight is 355 g/mol. The van der Waals surface area contributed by atoms with Crippen molar-refractivity contribution >= 4 is 33.6 Å². The van der Waals surface area contributed by atoms with Gasteiger partial charge in [-0.2, -0.15) is 0 Å². The highest BCUT2D eigenvalue weighted by Gasteiger charge is 2.06. The maximum atomic E-state index is 11.8. The van der Waals surface area contributed by atoms with E-state index in [2.05, 4.69) is 38.7 Å². The number of hydrogen-bond donors (Lipinski definition) is 2. The number of rotatable bonds is 6. The number of halogens is 1. The highest BCUT2D eigenvalue weighted by molar-refractivity contribution is 9.10. The Kier molecular flexibility index (Phi) is 6.63. The lowest BCUT2D eigenvalue weighted by atomic mass is 10.1. The summed E-state index contributed by atoms with van der Waals surface area (Å²) >= 11 is 5.22. The van der Waals surface area contributed by atoms with Gasteiger partial charge in [-0.05, 0) is 41.0 Å². The van der Waals surface area contributed by atoms with Gasteiger partial charge in [-0.3, -0.25) is 4.79 Å². The Bertz CT molecular complexity index is 491. The second-order valence-corrected chi connectivity index (χ2v) is 6.61. The molecule has 0 bridgehead atoms. The largest absolute Gasteiger partial charge is 0.352 e. The highest BCUT2D eigenvalue weighted by atomic mass is 79.9. The minimum atomic E-state index is 0.129. The summed E-state index contributed by atoms with van der Waals surface area (Å²) in [5.74, 6) is 0.929. The summed E-state index contributed by atoms with van der Waals surface area (Å²) in [7, 11) is 0. The molecule has 0 radical (unpaired) electrons. The van der Waals surface area contributed by atoms with E-state index in [0.29, 0.717) is 13.0 Å². The number of carbonyl (C=O) groups excluding carboxylic acids is 1. The van der Waals surface area contributed by atoms with Gasteiger partial charge in [0.15, 0.2) is 0 Å². The molecule has 1 aliphatic rings. The molecule has 0 atom stereocenters. The third kappa shape index (κ3) is 5.31. The molecule has 0 saturated heterocycles. The van der Waals surface area contributed by atoms with Crippen LogP contribution in [0.25, 0.3) is 0 Å². The van der Waals surface area contributed by atoms with Crippen LogP contribution in [0.1, 0.15) is 12.8 Å². The van der Waals surface area contributed by atoms with Gasteiger partial charge < -0.3 is 10.6 Å². The van der Waals surface area contributed by atoms with Gasteiger partial charge >= 0.3 is 0 Å². The molecule has 1 aliphatic heterocycles. The summed E-state index contributed by atoms with van der Waals surface area (Å²) in [5.41, 5.74) is 1.33. The standard InChI is InChI=1S/C15H19BrN2OS/c16-13-3-1-2-4-14(13)20-10-7-15(19)18-11-12-5-8-17-9-6-12/h1-5,17H,6-11H2,(H,18,19). The monoisotopic (exact) mass is 354 g/mol. The molecule has 0 saturated carbocycles. The zero-order valence-electron chi connectivity index (χ0n) is 11.3. The maximum Gasteiger partial charge on any atom is 0.221 e. The molecule has 3 nitrogen and oxygen atoms in total. The van der Waals surface area contributed by atoms with Crippen molar-refractivity contribution in [3.05, 3.63) is 40.4 Å². The Hall–Kier alpha value is -0.780. The van der Waals surface area contributed by atoms with Crippen LogP contribution < -0.4 is 10.6 Å². The van der Waals surface area contributed by atoms with E-state index in [0.717, 1.165) is 29.7 Å². The number of hydrogen-bond acceptors (Lipinski definition) is 3. The Labute approximate surface area is 132 Å². The summed E-state index contributed by atoms with van der Waals surface area (Å²) in [5, 5.41) is 6.26. The van der Waals surface area contributed by atoms with Crippen LogP contribution >= 0.6 is 27.7 Å². The zero-order valence-corrected chi connectivity index (χ0v) is 13.7. The van der Waals surface area contributed by atoms with E-state index in [9.17, 15) is 4.79 Å². The van der Waals surface area contributed by atoms with Crippen molar-refractivity contribution in [3.63, 3.8) is 0 Å². The first kappa shape index (κ1) is 15.6. The molecule has 2 N–H and O–H groups in total. The normalized spacial score (nSPS) is 14.8. The molecule has 5 heteroatoms. The third-order valence-corrected chi connectivity index (χ3v) is 5.12. The number of benzene rings is 1. The van der Waals surface area contributed by atoms with Crippen LogP contribution in [0.5, 0.6) is 0 Å². The second-order valence-electron chi connectivity index (χ2n) is 4.62. The molecule has 0 unspecified atom stereocenters. The quantitative estimate of drug-likeness (QED) is 0.609. The molecule has 0 fully saturated rings. The number of nitrogens with one attached hydrogen (secondary N) is 2. The van der Waals surface area contributed by atoms with Crippen LogP contribution in [0.2, 0.25) is 0 Å². The highest BCUT2D eigenvalue weighted by Crippen LogP contribution is 2.27. The molecule has 0 spiro atoms. The topological polar surface area (TPSA) is 41.1 Å². The van der Waals surface area contributed by atoms with E-state index in [1.165, 1.54) is 10.5 Å². The molecule has 108 valence electrons. The molecular formula is C15H19BrN2OS. The molecular weight excluding hydrogens is 336 g/mol. The van der Waals surface area contributed by atoms with Gasteiger partial charge in [0, 0.05) is 34.6 Å². The van der Waals surface area contributed by atoms with Crippen molar-refractivity contribution in [1.82, 2.24) is 10.6 Å². The summed E-state index contributed by atoms with van der Waals surface area (Å²) in [4.78, 5) is 13.0. The summed E-state index contributed by atoms with van der Waals surface area (Å²) in [6.07, 6.45) is 3.75. The fourth-order valence-corrected chi connectivity index (χ4v) is 3.46. The number of thioether (sulfide) groups is 1. The van der Waals surface area contributed by atoms with Crippen molar-refractivity contribution in [2.75, 3.05) is 25.4 Å². The van der Waals surface area contributed by atoms with Crippen molar-refractivity contribution in [2.24, 2.45) is 0 Å². The van der Waals surface area contributed by atoms with Gasteiger partial charge in [0.05, 0.1) is 0 Å². The molecule has 0 aromatic heterocycles. The second kappa shape index (κ2) is 8.49. The fraction of sp³-hybridized carbons (Fsp3) is 0.400. The molecule has 0 aliphatic carbocycles. The van der Waals surface area contributed by atoms with E-state index in [-0.39, 0.29) is 5.91 Å². The van der Waals surface area contributed by atoms with E-state index >= 15 is 0 Å². The smallest absolute Gasteiger partial charge is 0.221 e. The average Bonchev–Trinajstić information content (AvgIpc) is 2.48. The first-order valence-electron chi connectivity index (χ1n) is 6.78. The molecule has 1 heterocycles. The Morgan fingerprint density at radius 3 is 3.00 bits per heavy atom. The van der Waals surface area contributed by atoms with Gasteiger partial charge in [0.2, 0.25) is 5.91 Å². The van der Waals surface area contributed by atoms with Gasteiger partial charge in [0.1, 0.15) is 0 Å². The Morgan fingerprint density at radius 1 is 1.40 bits per heavy atom. The van der Waals surface area contributed by atoms with Crippen molar-refractivity contribution < 1.29 is 4.79 Å². The van der Waals surface area contributed by atoms with Crippen LogP contribution in [0.15, 0.2) is 45.3 Å². The molecule has 1 aromatic carbocycles. The van der Waals surface area contributed by atoms with Crippen molar-refractivity contribution in [2.45, 2.75) is 17.7 Å². The zero-order chi connectivity index (χ0) is 14.2. The van der Waals surface area contributed by atoms with E-state index < -0.39 is 0 Å². The first-order valence-corrected chi connectivity index (χ1v) is 8.56. The predicted octanol–water partition coefficient (Wildman–Crippen LogP) is 2.97. The number of amides is 1. The lowest BCUT2D eigenvalue weighted by Crippen LogP contribution is -2.29. The minimum Gasteiger partial charge on any atom is -0.352 e. The maximum absolute atomic E-state index is 11.8. The Morgan fingerprint density at radius 2 is 2.25 bits per heavy atom. The van der Waals surface area contributed by atoms with Crippen molar-refractivity contribution in [1.29, 1.82) is 0 Å². The molecule has 1 amide bonds. The fourth-order valence-electron chi connectivity index (χ4n) is 1.95. The van der Waals surface area contributed by atoms with Gasteiger partial charge in [-0.15, -0.1) is 11.8 Å². The van der Waals surface area contributed by atoms with Crippen LogP contribution in [-0.2, 0) is 4.79 Å². The number of carbonyl (C=O) groups is 1. The van der Waals surface area contributed by atoms with E-state index in [4.69, 9.17) is 0 Å². The first-order chi connectivity index (χ1) is 9.75.